The molecule has 1 aromatic carbocycles. The van der Waals surface area contributed by atoms with E-state index in [-0.39, 0.29) is 17.8 Å². The molecule has 0 unspecified atom stereocenters. The smallest absolute Gasteiger partial charge is 0.234 e. The molecule has 2 rings (SSSR count). The molecule has 1 N–H and O–H groups in total. The molecule has 1 atom stereocenters. The van der Waals surface area contributed by atoms with Gasteiger partial charge in [0.25, 0.3) is 0 Å². The lowest BCUT2D eigenvalue weighted by Crippen LogP contribution is -2.36. The molecule has 0 aliphatic carbocycles. The third-order valence-electron chi connectivity index (χ3n) is 3.13. The van der Waals surface area contributed by atoms with Gasteiger partial charge in [0.1, 0.15) is 5.82 Å². The van der Waals surface area contributed by atoms with Crippen molar-refractivity contribution in [1.82, 2.24) is 10.2 Å². The number of likely N-dealkylation sites (N-methyl/N-ethyl adjacent to an activating group) is 1. The van der Waals surface area contributed by atoms with Crippen LogP contribution in [0.15, 0.2) is 41.8 Å². The second kappa shape index (κ2) is 7.33. The molecule has 2 aromatic rings. The van der Waals surface area contributed by atoms with Gasteiger partial charge in [0.05, 0.1) is 12.6 Å². The Morgan fingerprint density at radius 2 is 2.05 bits per heavy atom. The molecule has 21 heavy (non-hydrogen) atoms. The SMILES string of the molecule is C[C@H](NC(=O)CN(C)Cc1ccc(F)cc1)c1cccs1. The van der Waals surface area contributed by atoms with Gasteiger partial charge in [-0.2, -0.15) is 0 Å². The van der Waals surface area contributed by atoms with E-state index in [4.69, 9.17) is 0 Å². The number of benzene rings is 1. The van der Waals surface area contributed by atoms with Crippen molar-refractivity contribution in [2.45, 2.75) is 19.5 Å². The van der Waals surface area contributed by atoms with E-state index >= 15 is 0 Å². The van der Waals surface area contributed by atoms with Crippen LogP contribution < -0.4 is 5.32 Å². The van der Waals surface area contributed by atoms with E-state index in [0.717, 1.165) is 10.4 Å². The highest BCUT2D eigenvalue weighted by Gasteiger charge is 2.12. The van der Waals surface area contributed by atoms with Gasteiger partial charge in [-0.05, 0) is 43.1 Å². The molecular weight excluding hydrogens is 287 g/mol. The summed E-state index contributed by atoms with van der Waals surface area (Å²) in [6, 6.07) is 10.3. The van der Waals surface area contributed by atoms with Gasteiger partial charge in [-0.3, -0.25) is 9.69 Å². The van der Waals surface area contributed by atoms with Crippen LogP contribution in [-0.2, 0) is 11.3 Å². The van der Waals surface area contributed by atoms with Gasteiger partial charge in [-0.1, -0.05) is 18.2 Å². The van der Waals surface area contributed by atoms with Crippen LogP contribution in [-0.4, -0.2) is 24.4 Å². The lowest BCUT2D eigenvalue weighted by atomic mass is 10.2. The molecule has 0 saturated carbocycles. The van der Waals surface area contributed by atoms with Crippen LogP contribution in [0, 0.1) is 5.82 Å². The molecule has 0 fully saturated rings. The van der Waals surface area contributed by atoms with Gasteiger partial charge < -0.3 is 5.32 Å². The molecule has 0 radical (unpaired) electrons. The predicted molar refractivity (Wildman–Crippen MR) is 83.6 cm³/mol. The van der Waals surface area contributed by atoms with Crippen LogP contribution in [0.5, 0.6) is 0 Å². The topological polar surface area (TPSA) is 32.3 Å². The molecule has 0 bridgehead atoms. The molecule has 3 nitrogen and oxygen atoms in total. The number of halogens is 1. The summed E-state index contributed by atoms with van der Waals surface area (Å²) in [4.78, 5) is 15.0. The summed E-state index contributed by atoms with van der Waals surface area (Å²) in [6.45, 7) is 2.90. The number of hydrogen-bond donors (Lipinski definition) is 1. The zero-order chi connectivity index (χ0) is 15.2. The number of thiophene rings is 1. The van der Waals surface area contributed by atoms with Gasteiger partial charge in [0.15, 0.2) is 0 Å². The zero-order valence-electron chi connectivity index (χ0n) is 12.2. The van der Waals surface area contributed by atoms with Gasteiger partial charge in [-0.25, -0.2) is 4.39 Å². The fourth-order valence-corrected chi connectivity index (χ4v) is 2.83. The minimum Gasteiger partial charge on any atom is -0.348 e. The van der Waals surface area contributed by atoms with E-state index in [1.54, 1.807) is 23.5 Å². The standard InChI is InChI=1S/C16H19FN2OS/c1-12(15-4-3-9-21-15)18-16(20)11-19(2)10-13-5-7-14(17)8-6-13/h3-9,12H,10-11H2,1-2H3,(H,18,20)/t12-/m0/s1. The highest BCUT2D eigenvalue weighted by Crippen LogP contribution is 2.17. The highest BCUT2D eigenvalue weighted by molar-refractivity contribution is 7.10. The van der Waals surface area contributed by atoms with Crippen molar-refractivity contribution in [3.8, 4) is 0 Å². The van der Waals surface area contributed by atoms with Crippen LogP contribution >= 0.6 is 11.3 Å². The molecule has 1 amide bonds. The Balaban J connectivity index is 1.80. The number of hydrogen-bond acceptors (Lipinski definition) is 3. The van der Waals surface area contributed by atoms with Gasteiger partial charge >= 0.3 is 0 Å². The Bertz CT molecular complexity index is 568. The number of carbonyl (C=O) groups excluding carboxylic acids is 1. The van der Waals surface area contributed by atoms with E-state index in [0.29, 0.717) is 13.1 Å². The number of nitrogens with zero attached hydrogens (tertiary/aromatic N) is 1. The maximum absolute atomic E-state index is 12.8. The third kappa shape index (κ3) is 4.95. The second-order valence-corrected chi connectivity index (χ2v) is 6.08. The zero-order valence-corrected chi connectivity index (χ0v) is 13.0. The van der Waals surface area contributed by atoms with Gasteiger partial charge in [0, 0.05) is 11.4 Å². The molecule has 0 aliphatic heterocycles. The monoisotopic (exact) mass is 306 g/mol. The molecule has 0 aliphatic rings. The maximum atomic E-state index is 12.8. The second-order valence-electron chi connectivity index (χ2n) is 5.10. The number of rotatable bonds is 6. The summed E-state index contributed by atoms with van der Waals surface area (Å²) < 4.78 is 12.8. The first-order valence-corrected chi connectivity index (χ1v) is 7.68. The lowest BCUT2D eigenvalue weighted by molar-refractivity contribution is -0.122. The van der Waals surface area contributed by atoms with Crippen molar-refractivity contribution in [3.05, 3.63) is 58.0 Å². The fourth-order valence-electron chi connectivity index (χ4n) is 2.10. The van der Waals surface area contributed by atoms with Crippen molar-refractivity contribution >= 4 is 17.2 Å². The van der Waals surface area contributed by atoms with Gasteiger partial charge in [-0.15, -0.1) is 11.3 Å². The summed E-state index contributed by atoms with van der Waals surface area (Å²) >= 11 is 1.63. The number of nitrogens with one attached hydrogen (secondary N) is 1. The first kappa shape index (κ1) is 15.7. The van der Waals surface area contributed by atoms with E-state index in [1.807, 2.05) is 36.4 Å². The number of carbonyl (C=O) groups is 1. The number of amides is 1. The summed E-state index contributed by atoms with van der Waals surface area (Å²) in [7, 11) is 1.87. The van der Waals surface area contributed by atoms with Crippen molar-refractivity contribution in [1.29, 1.82) is 0 Å². The maximum Gasteiger partial charge on any atom is 0.234 e. The largest absolute Gasteiger partial charge is 0.348 e. The summed E-state index contributed by atoms with van der Waals surface area (Å²) in [6.07, 6.45) is 0. The molecule has 0 spiro atoms. The fraction of sp³-hybridized carbons (Fsp3) is 0.312. The molecule has 0 saturated heterocycles. The Hall–Kier alpha value is -1.72. The molecule has 1 heterocycles. The normalized spacial score (nSPS) is 12.4. The van der Waals surface area contributed by atoms with E-state index in [1.165, 1.54) is 12.1 Å². The lowest BCUT2D eigenvalue weighted by Gasteiger charge is -2.18. The average Bonchev–Trinajstić information content (AvgIpc) is 2.95. The Morgan fingerprint density at radius 1 is 1.33 bits per heavy atom. The molecule has 1 aromatic heterocycles. The summed E-state index contributed by atoms with van der Waals surface area (Å²) in [5, 5.41) is 4.98. The Morgan fingerprint density at radius 3 is 2.67 bits per heavy atom. The Labute approximate surface area is 128 Å². The van der Waals surface area contributed by atoms with Crippen LogP contribution in [0.25, 0.3) is 0 Å². The molecule has 112 valence electrons. The van der Waals surface area contributed by atoms with Crippen LogP contribution in [0.4, 0.5) is 4.39 Å². The quantitative estimate of drug-likeness (QED) is 0.889. The highest BCUT2D eigenvalue weighted by atomic mass is 32.1. The minimum atomic E-state index is -0.246. The third-order valence-corrected chi connectivity index (χ3v) is 4.18. The van der Waals surface area contributed by atoms with Crippen molar-refractivity contribution in [2.75, 3.05) is 13.6 Å². The van der Waals surface area contributed by atoms with E-state index in [9.17, 15) is 9.18 Å². The van der Waals surface area contributed by atoms with Crippen molar-refractivity contribution in [3.63, 3.8) is 0 Å². The first-order chi connectivity index (χ1) is 10.0. The van der Waals surface area contributed by atoms with Gasteiger partial charge in [0.2, 0.25) is 5.91 Å². The van der Waals surface area contributed by atoms with E-state index < -0.39 is 0 Å². The van der Waals surface area contributed by atoms with Crippen molar-refractivity contribution in [2.24, 2.45) is 0 Å². The van der Waals surface area contributed by atoms with Crippen LogP contribution in [0.3, 0.4) is 0 Å². The average molecular weight is 306 g/mol. The Kier molecular flexibility index (Phi) is 5.47. The molecule has 5 heteroatoms. The first-order valence-electron chi connectivity index (χ1n) is 6.80. The summed E-state index contributed by atoms with van der Waals surface area (Å²) in [5.74, 6) is -0.260. The molecular formula is C16H19FN2OS. The minimum absolute atomic E-state index is 0.0134. The van der Waals surface area contributed by atoms with Crippen molar-refractivity contribution < 1.29 is 9.18 Å². The van der Waals surface area contributed by atoms with Crippen LogP contribution in [0.2, 0.25) is 0 Å². The van der Waals surface area contributed by atoms with E-state index in [2.05, 4.69) is 5.32 Å². The predicted octanol–water partition coefficient (Wildman–Crippen LogP) is 3.20. The van der Waals surface area contributed by atoms with Crippen LogP contribution in [0.1, 0.15) is 23.4 Å². The summed E-state index contributed by atoms with van der Waals surface area (Å²) in [5.41, 5.74) is 0.984.